The third-order valence-corrected chi connectivity index (χ3v) is 3.76. The third kappa shape index (κ3) is 2.78. The maximum absolute atomic E-state index is 12.8. The number of carbonyl (C=O) groups is 1. The van der Waals surface area contributed by atoms with Gasteiger partial charge in [-0.25, -0.2) is 4.68 Å². The Labute approximate surface area is 128 Å². The molecule has 0 N–H and O–H groups in total. The van der Waals surface area contributed by atoms with Crippen LogP contribution < -0.4 is 0 Å². The van der Waals surface area contributed by atoms with Crippen molar-refractivity contribution in [2.75, 3.05) is 0 Å². The van der Waals surface area contributed by atoms with Gasteiger partial charge in [0.05, 0.1) is 5.56 Å². The largest absolute Gasteiger partial charge is 0.417 e. The Morgan fingerprint density at radius 3 is 2.45 bits per heavy atom. The van der Waals surface area contributed by atoms with Crippen LogP contribution in [0.2, 0.25) is 0 Å². The molecule has 0 radical (unpaired) electrons. The number of hydrogen-bond acceptors (Lipinski definition) is 3. The maximum atomic E-state index is 12.8. The number of hydrogen-bond donors (Lipinski definition) is 0. The lowest BCUT2D eigenvalue weighted by Crippen LogP contribution is -2.12. The van der Waals surface area contributed by atoms with Gasteiger partial charge in [-0.1, -0.05) is 21.1 Å². The van der Waals surface area contributed by atoms with Crippen molar-refractivity contribution in [3.63, 3.8) is 0 Å². The summed E-state index contributed by atoms with van der Waals surface area (Å²) in [6.45, 7) is 0. The van der Waals surface area contributed by atoms with Crippen LogP contribution in [0.15, 0.2) is 27.3 Å². The quantitative estimate of drug-likeness (QED) is 0.708. The van der Waals surface area contributed by atoms with Gasteiger partial charge in [0.25, 0.3) is 0 Å². The van der Waals surface area contributed by atoms with E-state index in [4.69, 9.17) is 0 Å². The highest BCUT2D eigenvalue weighted by Gasteiger charge is 2.34. The van der Waals surface area contributed by atoms with Crippen molar-refractivity contribution in [3.05, 3.63) is 44.1 Å². The van der Waals surface area contributed by atoms with Crippen molar-refractivity contribution in [3.8, 4) is 0 Å². The Morgan fingerprint density at radius 1 is 1.30 bits per heavy atom. The lowest BCUT2D eigenvalue weighted by Gasteiger charge is -2.10. The summed E-state index contributed by atoms with van der Waals surface area (Å²) in [4.78, 5) is 12.2. The van der Waals surface area contributed by atoms with E-state index in [1.165, 1.54) is 23.9 Å². The van der Waals surface area contributed by atoms with Crippen molar-refractivity contribution in [1.82, 2.24) is 15.0 Å². The van der Waals surface area contributed by atoms with Crippen LogP contribution in [0.3, 0.4) is 0 Å². The number of aromatic nitrogens is 3. The Morgan fingerprint density at radius 2 is 1.95 bits per heavy atom. The van der Waals surface area contributed by atoms with Crippen LogP contribution in [0.5, 0.6) is 0 Å². The molecule has 0 spiro atoms. The summed E-state index contributed by atoms with van der Waals surface area (Å²) in [5.74, 6) is -0.595. The summed E-state index contributed by atoms with van der Waals surface area (Å²) in [6, 6.07) is 3.29. The number of benzene rings is 1. The predicted molar refractivity (Wildman–Crippen MR) is 71.3 cm³/mol. The molecule has 0 aliphatic heterocycles. The molecule has 0 saturated carbocycles. The first kappa shape index (κ1) is 15.2. The first-order valence-corrected chi connectivity index (χ1v) is 6.77. The van der Waals surface area contributed by atoms with E-state index in [1.54, 1.807) is 0 Å². The van der Waals surface area contributed by atoms with Gasteiger partial charge in [0.2, 0.25) is 5.78 Å². The van der Waals surface area contributed by atoms with E-state index in [9.17, 15) is 18.0 Å². The van der Waals surface area contributed by atoms with Crippen molar-refractivity contribution in [2.24, 2.45) is 7.05 Å². The molecule has 0 fully saturated rings. The number of halogens is 5. The van der Waals surface area contributed by atoms with Crippen molar-refractivity contribution in [2.45, 2.75) is 6.18 Å². The SMILES string of the molecule is Cn1nnc(Br)c1C(=O)c1ccc(Br)c(C(F)(F)F)c1. The predicted octanol–water partition coefficient (Wildman–Crippen LogP) is 3.59. The lowest BCUT2D eigenvalue weighted by atomic mass is 10.1. The summed E-state index contributed by atoms with van der Waals surface area (Å²) in [5.41, 5.74) is -0.915. The Kier molecular flexibility index (Phi) is 4.01. The molecule has 0 aliphatic carbocycles. The zero-order chi connectivity index (χ0) is 15.1. The smallest absolute Gasteiger partial charge is 0.287 e. The summed E-state index contributed by atoms with van der Waals surface area (Å²) < 4.78 is 39.7. The van der Waals surface area contributed by atoms with Gasteiger partial charge in [0.1, 0.15) is 5.69 Å². The van der Waals surface area contributed by atoms with E-state index in [0.29, 0.717) is 0 Å². The monoisotopic (exact) mass is 411 g/mol. The average Bonchev–Trinajstić information content (AvgIpc) is 2.67. The number of nitrogens with zero attached hydrogens (tertiary/aromatic N) is 3. The van der Waals surface area contributed by atoms with E-state index >= 15 is 0 Å². The van der Waals surface area contributed by atoms with Crippen molar-refractivity contribution >= 4 is 37.6 Å². The number of ketones is 1. The molecule has 0 unspecified atom stereocenters. The molecule has 1 heterocycles. The highest BCUT2D eigenvalue weighted by molar-refractivity contribution is 9.10. The molecule has 4 nitrogen and oxygen atoms in total. The van der Waals surface area contributed by atoms with Crippen LogP contribution in [-0.4, -0.2) is 20.8 Å². The van der Waals surface area contributed by atoms with Crippen molar-refractivity contribution < 1.29 is 18.0 Å². The zero-order valence-corrected chi connectivity index (χ0v) is 13.0. The number of aryl methyl sites for hydroxylation is 1. The summed E-state index contributed by atoms with van der Waals surface area (Å²) in [5, 5.41) is 7.25. The topological polar surface area (TPSA) is 47.8 Å². The van der Waals surface area contributed by atoms with E-state index in [0.717, 1.165) is 6.07 Å². The lowest BCUT2D eigenvalue weighted by molar-refractivity contribution is -0.138. The number of alkyl halides is 3. The molecule has 1 aromatic heterocycles. The first-order chi connectivity index (χ1) is 9.21. The van der Waals surface area contributed by atoms with Gasteiger partial charge in [-0.05, 0) is 34.1 Å². The maximum Gasteiger partial charge on any atom is 0.417 e. The fourth-order valence-electron chi connectivity index (χ4n) is 1.59. The van der Waals surface area contributed by atoms with Crippen molar-refractivity contribution in [1.29, 1.82) is 0 Å². The Bertz CT molecular complexity index is 663. The standard InChI is InChI=1S/C11H6Br2F3N3O/c1-19-8(10(13)17-18-19)9(20)5-2-3-7(12)6(4-5)11(14,15)16/h2-4H,1H3. The Hall–Kier alpha value is -1.22. The van der Waals surface area contributed by atoms with E-state index in [-0.39, 0.29) is 20.3 Å². The normalized spacial score (nSPS) is 11.7. The molecular weight excluding hydrogens is 407 g/mol. The molecule has 0 bridgehead atoms. The molecule has 106 valence electrons. The van der Waals surface area contributed by atoms with Crippen LogP contribution in [0.1, 0.15) is 21.6 Å². The van der Waals surface area contributed by atoms with Gasteiger partial charge in [0.15, 0.2) is 4.60 Å². The van der Waals surface area contributed by atoms with Crippen LogP contribution in [-0.2, 0) is 13.2 Å². The molecule has 9 heteroatoms. The second-order valence-electron chi connectivity index (χ2n) is 3.87. The summed E-state index contributed by atoms with van der Waals surface area (Å²) in [6.07, 6.45) is -4.54. The van der Waals surface area contributed by atoms with Gasteiger partial charge in [0, 0.05) is 17.1 Å². The highest BCUT2D eigenvalue weighted by atomic mass is 79.9. The van der Waals surface area contributed by atoms with Crippen LogP contribution in [0, 0.1) is 0 Å². The number of carbonyl (C=O) groups excluding carboxylic acids is 1. The molecular formula is C11H6Br2F3N3O. The minimum Gasteiger partial charge on any atom is -0.287 e. The van der Waals surface area contributed by atoms with Gasteiger partial charge in [-0.15, -0.1) is 5.10 Å². The highest BCUT2D eigenvalue weighted by Crippen LogP contribution is 2.35. The third-order valence-electron chi connectivity index (χ3n) is 2.53. The van der Waals surface area contributed by atoms with Crippen LogP contribution in [0.25, 0.3) is 0 Å². The molecule has 20 heavy (non-hydrogen) atoms. The van der Waals surface area contributed by atoms with Gasteiger partial charge in [-0.2, -0.15) is 13.2 Å². The number of rotatable bonds is 2. The van der Waals surface area contributed by atoms with E-state index in [2.05, 4.69) is 42.2 Å². The summed E-state index contributed by atoms with van der Waals surface area (Å²) >= 11 is 5.86. The fraction of sp³-hybridized carbons (Fsp3) is 0.182. The molecule has 0 aliphatic rings. The summed E-state index contributed by atoms with van der Waals surface area (Å²) in [7, 11) is 1.48. The van der Waals surface area contributed by atoms with Gasteiger partial charge in [-0.3, -0.25) is 4.79 Å². The Balaban J connectivity index is 2.52. The molecule has 0 amide bonds. The second-order valence-corrected chi connectivity index (χ2v) is 5.48. The van der Waals surface area contributed by atoms with Gasteiger partial charge >= 0.3 is 6.18 Å². The van der Waals surface area contributed by atoms with E-state index in [1.807, 2.05) is 0 Å². The molecule has 0 saturated heterocycles. The van der Waals surface area contributed by atoms with Gasteiger partial charge < -0.3 is 0 Å². The molecule has 1 aromatic carbocycles. The first-order valence-electron chi connectivity index (χ1n) is 5.18. The van der Waals surface area contributed by atoms with Crippen LogP contribution in [0.4, 0.5) is 13.2 Å². The molecule has 2 aromatic rings. The zero-order valence-electron chi connectivity index (χ0n) is 9.87. The van der Waals surface area contributed by atoms with E-state index < -0.39 is 17.5 Å². The average molecular weight is 413 g/mol. The minimum absolute atomic E-state index is 0.0837. The molecule has 2 rings (SSSR count). The molecule has 0 atom stereocenters. The second kappa shape index (κ2) is 5.28. The minimum atomic E-state index is -4.54. The van der Waals surface area contributed by atoms with Crippen LogP contribution >= 0.6 is 31.9 Å². The fourth-order valence-corrected chi connectivity index (χ4v) is 2.57.